The fourth-order valence-corrected chi connectivity index (χ4v) is 2.55. The molecule has 0 aliphatic heterocycles. The summed E-state index contributed by atoms with van der Waals surface area (Å²) in [5.74, 6) is -0.511. The molecule has 2 aromatic rings. The van der Waals surface area contributed by atoms with Gasteiger partial charge >= 0.3 is 0 Å². The molecule has 0 heterocycles. The summed E-state index contributed by atoms with van der Waals surface area (Å²) >= 11 is 3.37. The van der Waals surface area contributed by atoms with Crippen LogP contribution in [0, 0.1) is 0 Å². The summed E-state index contributed by atoms with van der Waals surface area (Å²) in [5.41, 5.74) is 1.44. The Morgan fingerprint density at radius 1 is 1.19 bits per heavy atom. The van der Waals surface area contributed by atoms with Gasteiger partial charge in [0.2, 0.25) is 5.78 Å². The van der Waals surface area contributed by atoms with Gasteiger partial charge in [0, 0.05) is 15.4 Å². The number of aliphatic hydroxyl groups is 1. The lowest BCUT2D eigenvalue weighted by Gasteiger charge is -2.14. The van der Waals surface area contributed by atoms with Crippen molar-refractivity contribution in [2.75, 3.05) is 0 Å². The first-order valence-electron chi connectivity index (χ1n) is 4.84. The van der Waals surface area contributed by atoms with Crippen molar-refractivity contribution in [3.8, 4) is 0 Å². The highest BCUT2D eigenvalue weighted by Crippen LogP contribution is 2.32. The SMILES string of the molecule is O=C1C(O)=Cc2cccc3cc(Br)cc1c23. The minimum atomic E-state index is -0.315. The van der Waals surface area contributed by atoms with Gasteiger partial charge < -0.3 is 5.11 Å². The smallest absolute Gasteiger partial charge is 0.227 e. The number of rotatable bonds is 0. The molecule has 0 saturated heterocycles. The van der Waals surface area contributed by atoms with Gasteiger partial charge in [0.15, 0.2) is 5.76 Å². The van der Waals surface area contributed by atoms with Gasteiger partial charge in [-0.1, -0.05) is 34.1 Å². The Bertz CT molecular complexity index is 656. The van der Waals surface area contributed by atoms with Gasteiger partial charge in [-0.15, -0.1) is 0 Å². The molecule has 1 aliphatic rings. The van der Waals surface area contributed by atoms with Gasteiger partial charge in [-0.3, -0.25) is 4.79 Å². The van der Waals surface area contributed by atoms with Crippen LogP contribution >= 0.6 is 15.9 Å². The number of ketones is 1. The average Bonchev–Trinajstić information content (AvgIpc) is 2.25. The van der Waals surface area contributed by atoms with Crippen LogP contribution in [0.15, 0.2) is 40.6 Å². The largest absolute Gasteiger partial charge is 0.504 e. The molecule has 2 nitrogen and oxygen atoms in total. The van der Waals surface area contributed by atoms with E-state index in [0.717, 1.165) is 20.8 Å². The van der Waals surface area contributed by atoms with Gasteiger partial charge in [0.05, 0.1) is 0 Å². The summed E-state index contributed by atoms with van der Waals surface area (Å²) < 4.78 is 0.843. The molecule has 0 unspecified atom stereocenters. The van der Waals surface area contributed by atoms with Crippen molar-refractivity contribution in [3.05, 3.63) is 51.7 Å². The van der Waals surface area contributed by atoms with E-state index in [1.807, 2.05) is 24.3 Å². The number of benzene rings is 2. The zero-order valence-corrected chi connectivity index (χ0v) is 9.78. The van der Waals surface area contributed by atoms with E-state index in [1.54, 1.807) is 6.07 Å². The van der Waals surface area contributed by atoms with E-state index in [9.17, 15) is 9.90 Å². The van der Waals surface area contributed by atoms with E-state index in [-0.39, 0.29) is 11.5 Å². The maximum absolute atomic E-state index is 11.8. The highest BCUT2D eigenvalue weighted by Gasteiger charge is 2.21. The molecule has 0 spiro atoms. The molecule has 3 heteroatoms. The van der Waals surface area contributed by atoms with Crippen molar-refractivity contribution in [3.63, 3.8) is 0 Å². The van der Waals surface area contributed by atoms with Crippen molar-refractivity contribution >= 4 is 38.6 Å². The Balaban J connectivity index is 2.54. The molecule has 16 heavy (non-hydrogen) atoms. The van der Waals surface area contributed by atoms with Crippen LogP contribution in [-0.2, 0) is 0 Å². The number of carbonyl (C=O) groups excluding carboxylic acids is 1. The Morgan fingerprint density at radius 2 is 2.00 bits per heavy atom. The third-order valence-electron chi connectivity index (χ3n) is 2.74. The third kappa shape index (κ3) is 1.21. The summed E-state index contributed by atoms with van der Waals surface area (Å²) in [6, 6.07) is 9.47. The molecule has 0 atom stereocenters. The Hall–Kier alpha value is -1.61. The first-order chi connectivity index (χ1) is 7.66. The van der Waals surface area contributed by atoms with E-state index in [2.05, 4.69) is 15.9 Å². The highest BCUT2D eigenvalue weighted by molar-refractivity contribution is 9.10. The van der Waals surface area contributed by atoms with Gasteiger partial charge in [0.1, 0.15) is 0 Å². The number of hydrogen-bond donors (Lipinski definition) is 1. The molecule has 1 N–H and O–H groups in total. The van der Waals surface area contributed by atoms with Crippen LogP contribution in [0.25, 0.3) is 16.8 Å². The summed E-state index contributed by atoms with van der Waals surface area (Å²) in [7, 11) is 0. The monoisotopic (exact) mass is 274 g/mol. The molecule has 2 aromatic carbocycles. The average molecular weight is 275 g/mol. The topological polar surface area (TPSA) is 37.3 Å². The number of hydrogen-bond acceptors (Lipinski definition) is 2. The Morgan fingerprint density at radius 3 is 2.81 bits per heavy atom. The second kappa shape index (κ2) is 3.19. The molecular weight excluding hydrogens is 268 g/mol. The summed E-state index contributed by atoms with van der Waals surface area (Å²) in [6.07, 6.45) is 1.52. The number of allylic oxidation sites excluding steroid dienone is 1. The van der Waals surface area contributed by atoms with E-state index in [4.69, 9.17) is 0 Å². The van der Waals surface area contributed by atoms with Gasteiger partial charge in [-0.05, 0) is 29.2 Å². The van der Waals surface area contributed by atoms with Crippen LogP contribution in [-0.4, -0.2) is 10.9 Å². The van der Waals surface area contributed by atoms with Crippen molar-refractivity contribution in [1.82, 2.24) is 0 Å². The molecule has 78 valence electrons. The second-order valence-electron chi connectivity index (χ2n) is 3.76. The minimum absolute atomic E-state index is 0.196. The zero-order valence-electron chi connectivity index (χ0n) is 8.20. The van der Waals surface area contributed by atoms with E-state index < -0.39 is 0 Å². The lowest BCUT2D eigenvalue weighted by molar-refractivity contribution is 0.0981. The molecule has 0 radical (unpaired) electrons. The fourth-order valence-electron chi connectivity index (χ4n) is 2.07. The number of Topliss-reactive ketones (excluding diaryl/α,β-unsaturated/α-hetero) is 1. The van der Waals surface area contributed by atoms with E-state index in [1.165, 1.54) is 6.08 Å². The molecule has 0 fully saturated rings. The maximum atomic E-state index is 11.8. The lowest BCUT2D eigenvalue weighted by Crippen LogP contribution is -2.08. The fraction of sp³-hybridized carbons (Fsp3) is 0. The normalized spacial score (nSPS) is 14.1. The van der Waals surface area contributed by atoms with Crippen molar-refractivity contribution in [2.45, 2.75) is 0 Å². The zero-order chi connectivity index (χ0) is 11.3. The number of carbonyl (C=O) groups is 1. The maximum Gasteiger partial charge on any atom is 0.227 e. The van der Waals surface area contributed by atoms with E-state index in [0.29, 0.717) is 5.56 Å². The molecule has 1 aliphatic carbocycles. The third-order valence-corrected chi connectivity index (χ3v) is 3.20. The van der Waals surface area contributed by atoms with Crippen LogP contribution in [0.3, 0.4) is 0 Å². The van der Waals surface area contributed by atoms with Crippen molar-refractivity contribution < 1.29 is 9.90 Å². The molecular formula is C13H7BrO2. The molecule has 3 rings (SSSR count). The van der Waals surface area contributed by atoms with Gasteiger partial charge in [-0.2, -0.15) is 0 Å². The van der Waals surface area contributed by atoms with Crippen molar-refractivity contribution in [2.24, 2.45) is 0 Å². The first kappa shape index (κ1) is 9.60. The highest BCUT2D eigenvalue weighted by atomic mass is 79.9. The predicted molar refractivity (Wildman–Crippen MR) is 66.6 cm³/mol. The minimum Gasteiger partial charge on any atom is -0.504 e. The lowest BCUT2D eigenvalue weighted by atomic mass is 9.91. The van der Waals surface area contributed by atoms with Crippen LogP contribution in [0.1, 0.15) is 15.9 Å². The van der Waals surface area contributed by atoms with Crippen LogP contribution in [0.2, 0.25) is 0 Å². The van der Waals surface area contributed by atoms with Gasteiger partial charge in [-0.25, -0.2) is 0 Å². The molecule has 0 bridgehead atoms. The summed E-state index contributed by atoms with van der Waals surface area (Å²) in [4.78, 5) is 11.8. The van der Waals surface area contributed by atoms with E-state index >= 15 is 0 Å². The standard InChI is InChI=1S/C13H7BrO2/c14-9-4-7-2-1-3-8-5-11(15)13(16)10(6-9)12(7)8/h1-6,15H. The number of aliphatic hydroxyl groups excluding tert-OH is 1. The molecule has 0 saturated carbocycles. The Kier molecular flexibility index (Phi) is 1.91. The van der Waals surface area contributed by atoms with Crippen molar-refractivity contribution in [1.29, 1.82) is 0 Å². The first-order valence-corrected chi connectivity index (χ1v) is 5.64. The van der Waals surface area contributed by atoms with Crippen LogP contribution in [0.4, 0.5) is 0 Å². The predicted octanol–water partition coefficient (Wildman–Crippen LogP) is 3.70. The second-order valence-corrected chi connectivity index (χ2v) is 4.67. The molecule has 0 amide bonds. The van der Waals surface area contributed by atoms with Crippen LogP contribution < -0.4 is 0 Å². The number of halogens is 1. The van der Waals surface area contributed by atoms with Crippen LogP contribution in [0.5, 0.6) is 0 Å². The quantitative estimate of drug-likeness (QED) is 0.796. The summed E-state index contributed by atoms with van der Waals surface area (Å²) in [5, 5.41) is 11.5. The summed E-state index contributed by atoms with van der Waals surface area (Å²) in [6.45, 7) is 0. The molecule has 0 aromatic heterocycles. The Labute approximate surface area is 100 Å². The van der Waals surface area contributed by atoms with Gasteiger partial charge in [0.25, 0.3) is 0 Å².